The molecule has 2 aromatic carbocycles. The Morgan fingerprint density at radius 2 is 1.62 bits per heavy atom. The molecule has 1 fully saturated rings. The number of benzene rings is 2. The standard InChI is InChI=1S/C23H29N3O3/c1-23(2,3)22(28)26-14-12-25(13-15-26)19-10-8-18(9-11-19)24-21(27)17-6-5-7-20(16-17)29-4/h5-11,16H,12-15H2,1-4H3,(H,24,27). The topological polar surface area (TPSA) is 61.9 Å². The minimum atomic E-state index is -0.342. The van der Waals surface area contributed by atoms with E-state index >= 15 is 0 Å². The van der Waals surface area contributed by atoms with E-state index in [9.17, 15) is 9.59 Å². The number of rotatable bonds is 4. The molecule has 0 aromatic heterocycles. The predicted molar refractivity (Wildman–Crippen MR) is 116 cm³/mol. The highest BCUT2D eigenvalue weighted by Crippen LogP contribution is 2.23. The quantitative estimate of drug-likeness (QED) is 0.859. The first-order valence-electron chi connectivity index (χ1n) is 9.88. The maximum atomic E-state index is 12.4. The van der Waals surface area contributed by atoms with E-state index in [1.54, 1.807) is 31.4 Å². The second kappa shape index (κ2) is 8.55. The Balaban J connectivity index is 1.58. The molecule has 0 unspecified atom stereocenters. The fraction of sp³-hybridized carbons (Fsp3) is 0.391. The molecule has 3 rings (SSSR count). The summed E-state index contributed by atoms with van der Waals surface area (Å²) in [5, 5.41) is 2.91. The molecule has 1 N–H and O–H groups in total. The van der Waals surface area contributed by atoms with E-state index in [0.717, 1.165) is 37.6 Å². The minimum absolute atomic E-state index is 0.175. The number of hydrogen-bond acceptors (Lipinski definition) is 4. The molecule has 0 radical (unpaired) electrons. The van der Waals surface area contributed by atoms with Gasteiger partial charge in [-0.25, -0.2) is 0 Å². The Hall–Kier alpha value is -3.02. The van der Waals surface area contributed by atoms with E-state index in [-0.39, 0.29) is 17.2 Å². The van der Waals surface area contributed by atoms with Crippen LogP contribution in [-0.4, -0.2) is 50.0 Å². The first kappa shape index (κ1) is 20.7. The van der Waals surface area contributed by atoms with Crippen LogP contribution in [0.1, 0.15) is 31.1 Å². The van der Waals surface area contributed by atoms with Crippen molar-refractivity contribution in [1.82, 2.24) is 4.90 Å². The van der Waals surface area contributed by atoms with Gasteiger partial charge in [0.2, 0.25) is 5.91 Å². The normalized spacial score (nSPS) is 14.5. The monoisotopic (exact) mass is 395 g/mol. The molecule has 0 saturated carbocycles. The summed E-state index contributed by atoms with van der Waals surface area (Å²) in [6, 6.07) is 14.9. The van der Waals surface area contributed by atoms with Gasteiger partial charge in [0.25, 0.3) is 5.91 Å². The van der Waals surface area contributed by atoms with Crippen molar-refractivity contribution >= 4 is 23.2 Å². The van der Waals surface area contributed by atoms with Crippen LogP contribution in [0.5, 0.6) is 5.75 Å². The number of amides is 2. The molecule has 0 atom stereocenters. The van der Waals surface area contributed by atoms with Gasteiger partial charge in [0, 0.05) is 48.5 Å². The highest BCUT2D eigenvalue weighted by Gasteiger charge is 2.29. The van der Waals surface area contributed by atoms with Gasteiger partial charge in [-0.15, -0.1) is 0 Å². The summed E-state index contributed by atoms with van der Waals surface area (Å²) in [6.45, 7) is 8.93. The molecular weight excluding hydrogens is 366 g/mol. The largest absolute Gasteiger partial charge is 0.497 e. The van der Waals surface area contributed by atoms with Crippen LogP contribution in [0.25, 0.3) is 0 Å². The van der Waals surface area contributed by atoms with Crippen molar-refractivity contribution in [1.29, 1.82) is 0 Å². The lowest BCUT2D eigenvalue weighted by atomic mass is 9.94. The fourth-order valence-electron chi connectivity index (χ4n) is 3.37. The lowest BCUT2D eigenvalue weighted by Gasteiger charge is -2.38. The molecule has 6 heteroatoms. The van der Waals surface area contributed by atoms with Crippen LogP contribution in [0, 0.1) is 5.41 Å². The zero-order chi connectivity index (χ0) is 21.0. The third-order valence-electron chi connectivity index (χ3n) is 5.03. The third kappa shape index (κ3) is 5.08. The number of nitrogens with one attached hydrogen (secondary N) is 1. The zero-order valence-corrected chi connectivity index (χ0v) is 17.6. The summed E-state index contributed by atoms with van der Waals surface area (Å²) in [5.41, 5.74) is 2.04. The van der Waals surface area contributed by atoms with Crippen molar-refractivity contribution in [2.45, 2.75) is 20.8 Å². The SMILES string of the molecule is COc1cccc(C(=O)Nc2ccc(N3CCN(C(=O)C(C)(C)C)CC3)cc2)c1. The maximum Gasteiger partial charge on any atom is 0.255 e. The maximum absolute atomic E-state index is 12.4. The van der Waals surface area contributed by atoms with E-state index in [0.29, 0.717) is 11.3 Å². The van der Waals surface area contributed by atoms with E-state index in [2.05, 4.69) is 10.2 Å². The summed E-state index contributed by atoms with van der Waals surface area (Å²) < 4.78 is 5.17. The molecule has 6 nitrogen and oxygen atoms in total. The van der Waals surface area contributed by atoms with E-state index in [1.165, 1.54) is 0 Å². The Morgan fingerprint density at radius 1 is 0.966 bits per heavy atom. The Labute approximate surface area is 172 Å². The van der Waals surface area contributed by atoms with Crippen molar-refractivity contribution in [2.75, 3.05) is 43.5 Å². The molecule has 2 amide bonds. The number of hydrogen-bond donors (Lipinski definition) is 1. The van der Waals surface area contributed by atoms with Gasteiger partial charge in [-0.05, 0) is 42.5 Å². The molecule has 0 spiro atoms. The number of ether oxygens (including phenoxy) is 1. The molecule has 0 bridgehead atoms. The Bertz CT molecular complexity index is 864. The highest BCUT2D eigenvalue weighted by molar-refractivity contribution is 6.04. The average molecular weight is 396 g/mol. The average Bonchev–Trinajstić information content (AvgIpc) is 2.73. The van der Waals surface area contributed by atoms with Gasteiger partial charge in [0.05, 0.1) is 7.11 Å². The second-order valence-corrected chi connectivity index (χ2v) is 8.26. The number of anilines is 2. The van der Waals surface area contributed by atoms with Gasteiger partial charge in [0.15, 0.2) is 0 Å². The summed E-state index contributed by atoms with van der Waals surface area (Å²) in [6.07, 6.45) is 0. The number of nitrogens with zero attached hydrogens (tertiary/aromatic N) is 2. The summed E-state index contributed by atoms with van der Waals surface area (Å²) in [5.74, 6) is 0.677. The van der Waals surface area contributed by atoms with Crippen molar-refractivity contribution in [3.8, 4) is 5.75 Å². The smallest absolute Gasteiger partial charge is 0.255 e. The Morgan fingerprint density at radius 3 is 2.21 bits per heavy atom. The van der Waals surface area contributed by atoms with Gasteiger partial charge < -0.3 is 19.9 Å². The van der Waals surface area contributed by atoms with Gasteiger partial charge >= 0.3 is 0 Å². The molecule has 1 aliphatic rings. The number of piperazine rings is 1. The van der Waals surface area contributed by atoms with E-state index < -0.39 is 0 Å². The van der Waals surface area contributed by atoms with E-state index in [4.69, 9.17) is 4.74 Å². The lowest BCUT2D eigenvalue weighted by Crippen LogP contribution is -2.51. The van der Waals surface area contributed by atoms with Gasteiger partial charge in [0.1, 0.15) is 5.75 Å². The molecule has 1 heterocycles. The van der Waals surface area contributed by atoms with Crippen molar-refractivity contribution in [3.63, 3.8) is 0 Å². The minimum Gasteiger partial charge on any atom is -0.497 e. The molecule has 2 aromatic rings. The third-order valence-corrected chi connectivity index (χ3v) is 5.03. The lowest BCUT2D eigenvalue weighted by molar-refractivity contribution is -0.139. The highest BCUT2D eigenvalue weighted by atomic mass is 16.5. The van der Waals surface area contributed by atoms with Crippen molar-refractivity contribution in [3.05, 3.63) is 54.1 Å². The van der Waals surface area contributed by atoms with Crippen LogP contribution in [-0.2, 0) is 4.79 Å². The van der Waals surface area contributed by atoms with Gasteiger partial charge in [-0.3, -0.25) is 9.59 Å². The molecule has 29 heavy (non-hydrogen) atoms. The summed E-state index contributed by atoms with van der Waals surface area (Å²) in [4.78, 5) is 29.1. The summed E-state index contributed by atoms with van der Waals surface area (Å²) in [7, 11) is 1.58. The predicted octanol–water partition coefficient (Wildman–Crippen LogP) is 3.64. The Kier molecular flexibility index (Phi) is 6.11. The van der Waals surface area contributed by atoms with Crippen LogP contribution >= 0.6 is 0 Å². The first-order chi connectivity index (χ1) is 13.8. The number of methoxy groups -OCH3 is 1. The van der Waals surface area contributed by atoms with Crippen molar-refractivity contribution in [2.24, 2.45) is 5.41 Å². The van der Waals surface area contributed by atoms with E-state index in [1.807, 2.05) is 49.9 Å². The van der Waals surface area contributed by atoms with Gasteiger partial charge in [-0.2, -0.15) is 0 Å². The van der Waals surface area contributed by atoms with Crippen molar-refractivity contribution < 1.29 is 14.3 Å². The van der Waals surface area contributed by atoms with Gasteiger partial charge in [-0.1, -0.05) is 26.8 Å². The fourth-order valence-corrected chi connectivity index (χ4v) is 3.37. The summed E-state index contributed by atoms with van der Waals surface area (Å²) >= 11 is 0. The van der Waals surface area contributed by atoms with Crippen LogP contribution in [0.15, 0.2) is 48.5 Å². The van der Waals surface area contributed by atoms with Crippen LogP contribution < -0.4 is 15.0 Å². The zero-order valence-electron chi connectivity index (χ0n) is 17.6. The second-order valence-electron chi connectivity index (χ2n) is 8.26. The first-order valence-corrected chi connectivity index (χ1v) is 9.88. The molecule has 154 valence electrons. The van der Waals surface area contributed by atoms with Crippen LogP contribution in [0.3, 0.4) is 0 Å². The molecule has 1 saturated heterocycles. The van der Waals surface area contributed by atoms with Crippen LogP contribution in [0.2, 0.25) is 0 Å². The number of carbonyl (C=O) groups is 2. The molecular formula is C23H29N3O3. The molecule has 0 aliphatic carbocycles. The number of carbonyl (C=O) groups excluding carboxylic acids is 2. The molecule has 1 aliphatic heterocycles. The van der Waals surface area contributed by atoms with Crippen LogP contribution in [0.4, 0.5) is 11.4 Å².